The quantitative estimate of drug-likeness (QED) is 0.470. The van der Waals surface area contributed by atoms with Crippen LogP contribution in [-0.2, 0) is 4.74 Å². The van der Waals surface area contributed by atoms with Gasteiger partial charge in [-0.1, -0.05) is 6.07 Å². The van der Waals surface area contributed by atoms with Gasteiger partial charge in [-0.05, 0) is 48.6 Å². The first-order valence-corrected chi connectivity index (χ1v) is 10.2. The Balaban J connectivity index is 1.64. The smallest absolute Gasteiger partial charge is 0.264 e. The van der Waals surface area contributed by atoms with Gasteiger partial charge in [-0.2, -0.15) is 0 Å². The maximum absolute atomic E-state index is 12.4. The Labute approximate surface area is 184 Å². The molecule has 3 aromatic rings. The van der Waals surface area contributed by atoms with Gasteiger partial charge in [0.1, 0.15) is 11.3 Å². The van der Waals surface area contributed by atoms with Crippen LogP contribution in [0.1, 0.15) is 5.56 Å². The van der Waals surface area contributed by atoms with Crippen molar-refractivity contribution in [2.45, 2.75) is 0 Å². The van der Waals surface area contributed by atoms with Crippen molar-refractivity contribution in [3.63, 3.8) is 0 Å². The maximum atomic E-state index is 12.4. The molecule has 0 aliphatic carbocycles. The number of nitrogens with one attached hydrogen (secondary N) is 1. The third-order valence-electron chi connectivity index (χ3n) is 5.00. The fourth-order valence-corrected chi connectivity index (χ4v) is 3.64. The molecule has 31 heavy (non-hydrogen) atoms. The summed E-state index contributed by atoms with van der Waals surface area (Å²) in [4.78, 5) is 21.6. The number of benzene rings is 2. The molecular weight excluding hydrogens is 416 g/mol. The fourth-order valence-electron chi connectivity index (χ4n) is 3.35. The van der Waals surface area contributed by atoms with Gasteiger partial charge in [-0.15, -0.1) is 0 Å². The van der Waals surface area contributed by atoms with E-state index in [1.165, 1.54) is 10.8 Å². The van der Waals surface area contributed by atoms with E-state index in [0.29, 0.717) is 30.3 Å². The molecule has 0 atom stereocenters. The minimum Gasteiger partial charge on any atom is -0.497 e. The van der Waals surface area contributed by atoms with Crippen molar-refractivity contribution in [2.24, 2.45) is 4.99 Å². The highest BCUT2D eigenvalue weighted by Gasteiger charge is 2.14. The lowest BCUT2D eigenvalue weighted by Gasteiger charge is -2.28. The van der Waals surface area contributed by atoms with Crippen LogP contribution in [0.5, 0.6) is 11.6 Å². The molecule has 0 saturated carbocycles. The van der Waals surface area contributed by atoms with Crippen LogP contribution in [0, 0.1) is 4.77 Å². The number of nitrogens with zero attached hydrogens (tertiary/aromatic N) is 3. The third kappa shape index (κ3) is 4.52. The molecule has 0 unspecified atom stereocenters. The fraction of sp³-hybridized carbons (Fsp3) is 0.227. The molecule has 1 fully saturated rings. The second kappa shape index (κ2) is 9.15. The second-order valence-electron chi connectivity index (χ2n) is 6.91. The number of aromatic nitrogens is 2. The number of aromatic amines is 1. The first-order valence-electron chi connectivity index (χ1n) is 9.76. The van der Waals surface area contributed by atoms with Crippen molar-refractivity contribution >= 4 is 29.8 Å². The van der Waals surface area contributed by atoms with Gasteiger partial charge in [0.25, 0.3) is 5.56 Å². The Morgan fingerprint density at radius 1 is 1.16 bits per heavy atom. The number of aromatic hydroxyl groups is 1. The molecule has 160 valence electrons. The number of hydrogen-bond donors (Lipinski definition) is 2. The number of hydrogen-bond acceptors (Lipinski definition) is 7. The zero-order chi connectivity index (χ0) is 21.8. The van der Waals surface area contributed by atoms with E-state index in [-0.39, 0.29) is 16.2 Å². The van der Waals surface area contributed by atoms with Crippen LogP contribution < -0.4 is 15.2 Å². The average Bonchev–Trinajstić information content (AvgIpc) is 2.80. The molecule has 9 heteroatoms. The predicted molar refractivity (Wildman–Crippen MR) is 122 cm³/mol. The van der Waals surface area contributed by atoms with E-state index in [9.17, 15) is 9.90 Å². The summed E-state index contributed by atoms with van der Waals surface area (Å²) in [5.74, 6) is 0.302. The molecular formula is C22H22N4O4S. The number of rotatable bonds is 5. The van der Waals surface area contributed by atoms with Crippen LogP contribution in [0.25, 0.3) is 5.69 Å². The van der Waals surface area contributed by atoms with E-state index in [2.05, 4.69) is 14.9 Å². The molecule has 0 spiro atoms. The highest BCUT2D eigenvalue weighted by Crippen LogP contribution is 2.24. The Kier molecular flexibility index (Phi) is 6.15. The lowest BCUT2D eigenvalue weighted by molar-refractivity contribution is 0.122. The van der Waals surface area contributed by atoms with Crippen LogP contribution in [0.15, 0.2) is 58.3 Å². The summed E-state index contributed by atoms with van der Waals surface area (Å²) in [5.41, 5.74) is 1.80. The van der Waals surface area contributed by atoms with Gasteiger partial charge in [0.15, 0.2) is 4.77 Å². The maximum Gasteiger partial charge on any atom is 0.264 e. The van der Waals surface area contributed by atoms with E-state index >= 15 is 0 Å². The van der Waals surface area contributed by atoms with Crippen molar-refractivity contribution in [3.05, 3.63) is 69.2 Å². The van der Waals surface area contributed by atoms with Crippen LogP contribution in [0.2, 0.25) is 0 Å². The topological polar surface area (TPSA) is 92.1 Å². The molecule has 8 nitrogen and oxygen atoms in total. The van der Waals surface area contributed by atoms with Gasteiger partial charge in [0, 0.05) is 31.1 Å². The number of anilines is 1. The molecule has 0 radical (unpaired) electrons. The third-order valence-corrected chi connectivity index (χ3v) is 5.29. The van der Waals surface area contributed by atoms with E-state index in [4.69, 9.17) is 21.7 Å². The molecule has 1 saturated heterocycles. The summed E-state index contributed by atoms with van der Waals surface area (Å²) in [6.45, 7) is 3.13. The monoisotopic (exact) mass is 438 g/mol. The Bertz CT molecular complexity index is 1210. The van der Waals surface area contributed by atoms with Crippen molar-refractivity contribution in [1.82, 2.24) is 9.55 Å². The molecule has 0 bridgehead atoms. The first-order chi connectivity index (χ1) is 15.1. The highest BCUT2D eigenvalue weighted by atomic mass is 32.1. The predicted octanol–water partition coefficient (Wildman–Crippen LogP) is 3.20. The molecule has 1 aliphatic heterocycles. The zero-order valence-electron chi connectivity index (χ0n) is 16.9. The SMILES string of the molecule is COc1cccc(-n2c(O)c(C=Nc3ccc(N4CCOCC4)cc3)c(=O)[nH]c2=S)c1. The zero-order valence-corrected chi connectivity index (χ0v) is 17.8. The van der Waals surface area contributed by atoms with Crippen LogP contribution >= 0.6 is 12.2 Å². The van der Waals surface area contributed by atoms with Gasteiger partial charge >= 0.3 is 0 Å². The number of aliphatic imine (C=N–C) groups is 1. The lowest BCUT2D eigenvalue weighted by Crippen LogP contribution is -2.36. The normalized spacial score (nSPS) is 14.2. The minimum absolute atomic E-state index is 0.00803. The van der Waals surface area contributed by atoms with Crippen molar-refractivity contribution in [2.75, 3.05) is 38.3 Å². The van der Waals surface area contributed by atoms with Crippen LogP contribution in [0.4, 0.5) is 11.4 Å². The summed E-state index contributed by atoms with van der Waals surface area (Å²) in [7, 11) is 1.55. The minimum atomic E-state index is -0.518. The lowest BCUT2D eigenvalue weighted by atomic mass is 10.2. The summed E-state index contributed by atoms with van der Waals surface area (Å²) in [5, 5.41) is 10.8. The van der Waals surface area contributed by atoms with Crippen LogP contribution in [0.3, 0.4) is 0 Å². The first kappa shape index (κ1) is 20.8. The van der Waals surface area contributed by atoms with E-state index in [0.717, 1.165) is 18.8 Å². The summed E-state index contributed by atoms with van der Waals surface area (Å²) in [6, 6.07) is 14.7. The van der Waals surface area contributed by atoms with Crippen molar-refractivity contribution in [3.8, 4) is 17.3 Å². The molecule has 4 rings (SSSR count). The second-order valence-corrected chi connectivity index (χ2v) is 7.29. The average molecular weight is 439 g/mol. The Morgan fingerprint density at radius 3 is 2.61 bits per heavy atom. The van der Waals surface area contributed by atoms with Gasteiger partial charge < -0.3 is 19.5 Å². The summed E-state index contributed by atoms with van der Waals surface area (Å²) in [6.07, 6.45) is 1.34. The van der Waals surface area contributed by atoms with Crippen LogP contribution in [-0.4, -0.2) is 54.3 Å². The highest BCUT2D eigenvalue weighted by molar-refractivity contribution is 7.71. The molecule has 2 aromatic carbocycles. The van der Waals surface area contributed by atoms with E-state index in [1.54, 1.807) is 31.4 Å². The molecule has 2 N–H and O–H groups in total. The van der Waals surface area contributed by atoms with Gasteiger partial charge in [0.2, 0.25) is 5.88 Å². The van der Waals surface area contributed by atoms with Gasteiger partial charge in [-0.25, -0.2) is 0 Å². The molecule has 1 aromatic heterocycles. The standard InChI is InChI=1S/C22H22N4O4S/c1-29-18-4-2-3-17(13-18)26-21(28)19(20(27)24-22(26)31)14-23-15-5-7-16(8-6-15)25-9-11-30-12-10-25/h2-8,13-14,28H,9-12H2,1H3,(H,24,27,31). The Hall–Kier alpha value is -3.43. The van der Waals surface area contributed by atoms with Gasteiger partial charge in [-0.3, -0.25) is 19.3 Å². The molecule has 1 aliphatic rings. The number of morpholine rings is 1. The number of methoxy groups -OCH3 is 1. The summed E-state index contributed by atoms with van der Waals surface area (Å²) < 4.78 is 12.0. The van der Waals surface area contributed by atoms with Crippen molar-refractivity contribution < 1.29 is 14.6 Å². The van der Waals surface area contributed by atoms with Gasteiger partial charge in [0.05, 0.1) is 31.7 Å². The molecule has 0 amide bonds. The Morgan fingerprint density at radius 2 is 1.90 bits per heavy atom. The van der Waals surface area contributed by atoms with Crippen molar-refractivity contribution in [1.29, 1.82) is 0 Å². The largest absolute Gasteiger partial charge is 0.497 e. The number of H-pyrrole nitrogens is 1. The van der Waals surface area contributed by atoms with E-state index in [1.807, 2.05) is 24.3 Å². The number of ether oxygens (including phenoxy) is 2. The molecule has 2 heterocycles. The summed E-state index contributed by atoms with van der Waals surface area (Å²) >= 11 is 5.25. The van der Waals surface area contributed by atoms with E-state index < -0.39 is 5.56 Å².